The normalized spacial score (nSPS) is 27.3. The molecule has 4 N–H and O–H groups in total. The van der Waals surface area contributed by atoms with Gasteiger partial charge < -0.3 is 15.7 Å². The molecule has 3 aliphatic rings. The number of hydrogen-bond donors (Lipinski definition) is 3. The van der Waals surface area contributed by atoms with Gasteiger partial charge in [-0.05, 0) is 48.0 Å². The second-order valence-electron chi connectivity index (χ2n) is 9.06. The van der Waals surface area contributed by atoms with Crippen molar-refractivity contribution in [3.63, 3.8) is 0 Å². The number of hydrogen-bond acceptors (Lipinski definition) is 4. The molecule has 0 radical (unpaired) electrons. The van der Waals surface area contributed by atoms with Gasteiger partial charge in [-0.2, -0.15) is 0 Å². The van der Waals surface area contributed by atoms with Gasteiger partial charge in [-0.3, -0.25) is 14.4 Å². The number of rotatable bonds is 3. The van der Waals surface area contributed by atoms with Gasteiger partial charge in [0.2, 0.25) is 17.4 Å². The van der Waals surface area contributed by atoms with E-state index in [2.05, 4.69) is 5.32 Å². The van der Waals surface area contributed by atoms with Crippen LogP contribution in [0, 0.1) is 11.8 Å². The smallest absolute Gasteiger partial charge is 0.291 e. The predicted molar refractivity (Wildman–Crippen MR) is 125 cm³/mol. The van der Waals surface area contributed by atoms with E-state index in [4.69, 9.17) is 11.6 Å². The minimum absolute atomic E-state index is 0.152. The number of benzene rings is 3. The van der Waals surface area contributed by atoms with Crippen LogP contribution in [0.3, 0.4) is 0 Å². The van der Waals surface area contributed by atoms with Gasteiger partial charge in [0.25, 0.3) is 5.91 Å². The van der Waals surface area contributed by atoms with Gasteiger partial charge in [-0.1, -0.05) is 41.9 Å². The highest BCUT2D eigenvalue weighted by Crippen LogP contribution is 2.50. The van der Waals surface area contributed by atoms with Crippen LogP contribution in [-0.4, -0.2) is 28.9 Å². The fourth-order valence-corrected chi connectivity index (χ4v) is 5.98. The minimum atomic E-state index is -1.23. The molecule has 0 unspecified atom stereocenters. The third kappa shape index (κ3) is 2.84. The van der Waals surface area contributed by atoms with Gasteiger partial charge in [0.1, 0.15) is 23.6 Å². The molecule has 2 fully saturated rings. The van der Waals surface area contributed by atoms with Crippen molar-refractivity contribution in [2.45, 2.75) is 18.0 Å². The predicted octanol–water partition coefficient (Wildman–Crippen LogP) is 2.19. The average Bonchev–Trinajstić information content (AvgIpc) is 3.41. The van der Waals surface area contributed by atoms with E-state index in [0.29, 0.717) is 22.8 Å². The topological polar surface area (TPSA) is 103 Å². The molecule has 6 rings (SSSR count). The number of amides is 3. The highest BCUT2D eigenvalue weighted by molar-refractivity contribution is 6.31. The molecule has 7 nitrogen and oxygen atoms in total. The van der Waals surface area contributed by atoms with Crippen LogP contribution in [0.25, 0.3) is 0 Å². The SMILES string of the molecule is O=C1[C@@H]2[C@H](Cc3ccc(O)cc3)[NH2+][C@]3(C(=O)Nc4ccccc43)[C@@H]2C(=O)N1c1ccc(Cl)cc1. The maximum atomic E-state index is 13.9. The standard InChI is InChI=1S/C26H20ClN3O4/c27-15-7-9-16(10-8-15)30-23(32)21-20(13-14-5-11-17(31)12-6-14)29-26(22(21)24(30)33)18-3-1-2-4-19(18)28-25(26)34/h1-12,20-22,29,31H,13H2,(H,28,34)/p+1/t20-,21+,22-,26-/m0/s1. The molecule has 0 bridgehead atoms. The zero-order valence-corrected chi connectivity index (χ0v) is 18.7. The van der Waals surface area contributed by atoms with E-state index in [1.807, 2.05) is 29.6 Å². The lowest BCUT2D eigenvalue weighted by molar-refractivity contribution is -0.733. The van der Waals surface area contributed by atoms with Gasteiger partial charge >= 0.3 is 0 Å². The Morgan fingerprint density at radius 2 is 1.65 bits per heavy atom. The summed E-state index contributed by atoms with van der Waals surface area (Å²) in [6, 6.07) is 20.3. The number of nitrogens with zero attached hydrogens (tertiary/aromatic N) is 1. The van der Waals surface area contributed by atoms with E-state index >= 15 is 0 Å². The zero-order valence-electron chi connectivity index (χ0n) is 17.9. The van der Waals surface area contributed by atoms with E-state index in [1.165, 1.54) is 4.90 Å². The third-order valence-corrected chi connectivity index (χ3v) is 7.52. The van der Waals surface area contributed by atoms with Gasteiger partial charge in [0.05, 0.1) is 11.4 Å². The summed E-state index contributed by atoms with van der Waals surface area (Å²) in [5, 5.41) is 15.0. The Bertz CT molecular complexity index is 1340. The Morgan fingerprint density at radius 1 is 0.941 bits per heavy atom. The van der Waals surface area contributed by atoms with E-state index in [-0.39, 0.29) is 29.5 Å². The number of quaternary nitrogens is 1. The van der Waals surface area contributed by atoms with Crippen LogP contribution in [0.2, 0.25) is 5.02 Å². The first kappa shape index (κ1) is 20.9. The molecular formula is C26H21ClN3O4+. The Balaban J connectivity index is 1.48. The van der Waals surface area contributed by atoms with Crippen molar-refractivity contribution in [1.82, 2.24) is 0 Å². The zero-order chi connectivity index (χ0) is 23.6. The van der Waals surface area contributed by atoms with Crippen LogP contribution in [0.5, 0.6) is 5.75 Å². The second kappa shape index (κ2) is 7.41. The summed E-state index contributed by atoms with van der Waals surface area (Å²) < 4.78 is 0. The van der Waals surface area contributed by atoms with E-state index in [9.17, 15) is 19.5 Å². The van der Waals surface area contributed by atoms with Gasteiger partial charge in [0.15, 0.2) is 0 Å². The molecule has 0 aromatic heterocycles. The van der Waals surface area contributed by atoms with Crippen molar-refractivity contribution in [2.24, 2.45) is 11.8 Å². The lowest BCUT2D eigenvalue weighted by Gasteiger charge is -2.26. The molecule has 1 spiro atoms. The molecule has 0 aliphatic carbocycles. The Hall–Kier alpha value is -3.68. The summed E-state index contributed by atoms with van der Waals surface area (Å²) in [7, 11) is 0. The van der Waals surface area contributed by atoms with Crippen LogP contribution >= 0.6 is 11.6 Å². The summed E-state index contributed by atoms with van der Waals surface area (Å²) in [6.45, 7) is 0. The number of aromatic hydroxyl groups is 1. The van der Waals surface area contributed by atoms with Gasteiger partial charge in [0, 0.05) is 17.0 Å². The van der Waals surface area contributed by atoms with Crippen molar-refractivity contribution >= 4 is 40.7 Å². The number of carbonyl (C=O) groups excluding carboxylic acids is 3. The third-order valence-electron chi connectivity index (χ3n) is 7.27. The summed E-state index contributed by atoms with van der Waals surface area (Å²) in [5.74, 6) is -2.36. The molecule has 0 saturated carbocycles. The van der Waals surface area contributed by atoms with Crippen molar-refractivity contribution in [3.8, 4) is 5.75 Å². The molecule has 3 amide bonds. The van der Waals surface area contributed by atoms with Gasteiger partial charge in [-0.25, -0.2) is 4.90 Å². The molecule has 3 aromatic rings. The number of halogens is 1. The first-order valence-corrected chi connectivity index (χ1v) is 11.5. The van der Waals surface area contributed by atoms with E-state index in [0.717, 1.165) is 11.1 Å². The number of para-hydroxylation sites is 1. The molecule has 3 aromatic carbocycles. The number of imide groups is 1. The van der Waals surface area contributed by atoms with Crippen LogP contribution < -0.4 is 15.5 Å². The highest BCUT2D eigenvalue weighted by Gasteiger charge is 2.74. The number of fused-ring (bicyclic) bond motifs is 4. The number of carbonyl (C=O) groups is 3. The van der Waals surface area contributed by atoms with Crippen molar-refractivity contribution in [1.29, 1.82) is 0 Å². The first-order valence-electron chi connectivity index (χ1n) is 11.1. The minimum Gasteiger partial charge on any atom is -0.508 e. The average molecular weight is 475 g/mol. The number of phenolic OH excluding ortho intramolecular Hbond substituents is 1. The van der Waals surface area contributed by atoms with Crippen molar-refractivity contribution in [3.05, 3.63) is 88.9 Å². The molecule has 34 heavy (non-hydrogen) atoms. The fraction of sp³-hybridized carbons (Fsp3) is 0.192. The molecular weight excluding hydrogens is 454 g/mol. The largest absolute Gasteiger partial charge is 0.508 e. The monoisotopic (exact) mass is 474 g/mol. The summed E-state index contributed by atoms with van der Waals surface area (Å²) in [5.41, 5.74) is 1.52. The maximum absolute atomic E-state index is 13.9. The van der Waals surface area contributed by atoms with Crippen LogP contribution in [-0.2, 0) is 26.3 Å². The Kier molecular flexibility index (Phi) is 4.56. The highest BCUT2D eigenvalue weighted by atomic mass is 35.5. The number of phenols is 1. The molecule has 3 heterocycles. The Labute approximate surface area is 200 Å². The van der Waals surface area contributed by atoms with Crippen molar-refractivity contribution < 1.29 is 24.8 Å². The maximum Gasteiger partial charge on any atom is 0.291 e. The fourth-order valence-electron chi connectivity index (χ4n) is 5.86. The van der Waals surface area contributed by atoms with E-state index < -0.39 is 17.4 Å². The molecule has 3 aliphatic heterocycles. The molecule has 2 saturated heterocycles. The van der Waals surface area contributed by atoms with Gasteiger partial charge in [-0.15, -0.1) is 0 Å². The van der Waals surface area contributed by atoms with Crippen LogP contribution in [0.1, 0.15) is 11.1 Å². The summed E-state index contributed by atoms with van der Waals surface area (Å²) in [4.78, 5) is 42.4. The molecule has 8 heteroatoms. The van der Waals surface area contributed by atoms with Crippen LogP contribution in [0.15, 0.2) is 72.8 Å². The summed E-state index contributed by atoms with van der Waals surface area (Å²) in [6.07, 6.45) is 0.464. The number of nitrogens with one attached hydrogen (secondary N) is 1. The second-order valence-corrected chi connectivity index (χ2v) is 9.50. The number of nitrogens with two attached hydrogens (primary N) is 1. The Morgan fingerprint density at radius 3 is 2.38 bits per heavy atom. The lowest BCUT2D eigenvalue weighted by Crippen LogP contribution is -2.99. The summed E-state index contributed by atoms with van der Waals surface area (Å²) >= 11 is 6.02. The quantitative estimate of drug-likeness (QED) is 0.506. The molecule has 4 atom stereocenters. The van der Waals surface area contributed by atoms with Crippen LogP contribution in [0.4, 0.5) is 11.4 Å². The van der Waals surface area contributed by atoms with Crippen molar-refractivity contribution in [2.75, 3.05) is 10.2 Å². The molecule has 170 valence electrons. The first-order chi connectivity index (χ1) is 16.4. The number of anilines is 2. The van der Waals surface area contributed by atoms with E-state index in [1.54, 1.807) is 48.5 Å². The lowest BCUT2D eigenvalue weighted by atomic mass is 9.76.